The quantitative estimate of drug-likeness (QED) is 0.809. The predicted molar refractivity (Wildman–Crippen MR) is 66.1 cm³/mol. The van der Waals surface area contributed by atoms with Crippen LogP contribution in [-0.4, -0.2) is 29.3 Å². The van der Waals surface area contributed by atoms with Crippen molar-refractivity contribution in [1.82, 2.24) is 5.32 Å². The number of aliphatic imine (C=N–C) groups is 1. The van der Waals surface area contributed by atoms with Crippen molar-refractivity contribution in [3.63, 3.8) is 0 Å². The molecular formula is C11H15BrN2O3. The van der Waals surface area contributed by atoms with E-state index in [0.717, 1.165) is 12.8 Å². The Kier molecular flexibility index (Phi) is 3.25. The predicted octanol–water partition coefficient (Wildman–Crippen LogP) is 1.85. The lowest BCUT2D eigenvalue weighted by Crippen LogP contribution is -2.57. The topological polar surface area (TPSA) is 67.8 Å². The molecule has 5 nitrogen and oxygen atoms in total. The number of ether oxygens (including phenoxy) is 1. The Morgan fingerprint density at radius 2 is 2.35 bits per heavy atom. The van der Waals surface area contributed by atoms with Gasteiger partial charge in [0.15, 0.2) is 0 Å². The lowest BCUT2D eigenvalue weighted by Gasteiger charge is -2.36. The Morgan fingerprint density at radius 1 is 1.65 bits per heavy atom. The number of hydrogen-bond acceptors (Lipinski definition) is 3. The number of imide groups is 1. The van der Waals surface area contributed by atoms with Crippen molar-refractivity contribution in [2.24, 2.45) is 16.3 Å². The summed E-state index contributed by atoms with van der Waals surface area (Å²) in [6.45, 7) is 4.43. The number of carbonyl (C=O) groups excluding carboxylic acids is 2. The standard InChI is InChI=1S/C11H15BrN2O3/c1-3-4-6(2)11-7(12)5-17-9(11)14-10(16)13-8(11)15/h6-7H,3-5H2,1-2H3,(H,13,15,16). The molecule has 0 spiro atoms. The van der Waals surface area contributed by atoms with Gasteiger partial charge in [0.05, 0.1) is 4.83 Å². The summed E-state index contributed by atoms with van der Waals surface area (Å²) in [6.07, 6.45) is 1.85. The van der Waals surface area contributed by atoms with Crippen molar-refractivity contribution in [2.45, 2.75) is 31.5 Å². The summed E-state index contributed by atoms with van der Waals surface area (Å²) >= 11 is 3.49. The van der Waals surface area contributed by atoms with Crippen LogP contribution in [0, 0.1) is 11.3 Å². The van der Waals surface area contributed by atoms with Crippen molar-refractivity contribution in [1.29, 1.82) is 0 Å². The van der Waals surface area contributed by atoms with Gasteiger partial charge in [0.25, 0.3) is 0 Å². The maximum absolute atomic E-state index is 12.2. The number of rotatable bonds is 3. The number of amides is 3. The lowest BCUT2D eigenvalue weighted by molar-refractivity contribution is -0.128. The minimum Gasteiger partial charge on any atom is -0.479 e. The zero-order chi connectivity index (χ0) is 12.6. The van der Waals surface area contributed by atoms with Gasteiger partial charge >= 0.3 is 6.03 Å². The van der Waals surface area contributed by atoms with Crippen molar-refractivity contribution in [3.05, 3.63) is 0 Å². The van der Waals surface area contributed by atoms with Gasteiger partial charge in [0.2, 0.25) is 11.8 Å². The number of urea groups is 1. The van der Waals surface area contributed by atoms with Crippen LogP contribution >= 0.6 is 15.9 Å². The molecule has 0 saturated carbocycles. The summed E-state index contributed by atoms with van der Waals surface area (Å²) in [5.41, 5.74) is -0.829. The molecule has 0 aromatic carbocycles. The number of fused-ring (bicyclic) bond motifs is 1. The molecule has 2 rings (SSSR count). The molecule has 94 valence electrons. The molecule has 0 aliphatic carbocycles. The largest absolute Gasteiger partial charge is 0.479 e. The molecular weight excluding hydrogens is 288 g/mol. The van der Waals surface area contributed by atoms with Gasteiger partial charge in [0.1, 0.15) is 12.0 Å². The molecule has 2 aliphatic heterocycles. The van der Waals surface area contributed by atoms with Crippen LogP contribution in [0.5, 0.6) is 0 Å². The Morgan fingerprint density at radius 3 is 3.00 bits per heavy atom. The highest BCUT2D eigenvalue weighted by atomic mass is 79.9. The number of nitrogens with one attached hydrogen (secondary N) is 1. The second-order valence-electron chi connectivity index (χ2n) is 4.51. The third-order valence-electron chi connectivity index (χ3n) is 3.51. The SMILES string of the molecule is CCCC(C)C12C(=O)NC(=O)N=C1OCC2Br. The molecule has 2 aliphatic rings. The van der Waals surface area contributed by atoms with Crippen LogP contribution in [0.1, 0.15) is 26.7 Å². The summed E-state index contributed by atoms with van der Waals surface area (Å²) in [5.74, 6) is 0.0492. The Balaban J connectivity index is 2.47. The first kappa shape index (κ1) is 12.5. The average molecular weight is 303 g/mol. The molecule has 2 heterocycles. The zero-order valence-corrected chi connectivity index (χ0v) is 11.4. The smallest absolute Gasteiger partial charge is 0.350 e. The van der Waals surface area contributed by atoms with E-state index >= 15 is 0 Å². The van der Waals surface area contributed by atoms with Crippen LogP contribution in [0.4, 0.5) is 4.79 Å². The maximum atomic E-state index is 12.2. The molecule has 3 unspecified atom stereocenters. The fraction of sp³-hybridized carbons (Fsp3) is 0.727. The van der Waals surface area contributed by atoms with E-state index in [4.69, 9.17) is 4.74 Å². The van der Waals surface area contributed by atoms with Crippen molar-refractivity contribution in [2.75, 3.05) is 6.61 Å². The zero-order valence-electron chi connectivity index (χ0n) is 9.83. The summed E-state index contributed by atoms with van der Waals surface area (Å²) in [4.78, 5) is 27.1. The average Bonchev–Trinajstić information content (AvgIpc) is 2.57. The van der Waals surface area contributed by atoms with E-state index in [1.54, 1.807) is 0 Å². The van der Waals surface area contributed by atoms with E-state index in [1.165, 1.54) is 0 Å². The first-order valence-electron chi connectivity index (χ1n) is 5.74. The van der Waals surface area contributed by atoms with Crippen LogP contribution in [0.2, 0.25) is 0 Å². The third kappa shape index (κ3) is 1.69. The van der Waals surface area contributed by atoms with E-state index < -0.39 is 11.4 Å². The summed E-state index contributed by atoms with van der Waals surface area (Å²) in [6, 6.07) is -0.633. The number of hydrogen-bond donors (Lipinski definition) is 1. The minimum absolute atomic E-state index is 0.0752. The number of alkyl halides is 1. The lowest BCUT2D eigenvalue weighted by atomic mass is 9.71. The van der Waals surface area contributed by atoms with Gasteiger partial charge in [-0.3, -0.25) is 10.1 Å². The second kappa shape index (κ2) is 4.40. The van der Waals surface area contributed by atoms with Crippen molar-refractivity contribution < 1.29 is 14.3 Å². The summed E-state index contributed by atoms with van der Waals surface area (Å²) < 4.78 is 5.40. The van der Waals surface area contributed by atoms with E-state index in [0.29, 0.717) is 6.61 Å². The number of halogens is 1. The fourth-order valence-electron chi connectivity index (χ4n) is 2.63. The Bertz CT molecular complexity index is 396. The molecule has 0 radical (unpaired) electrons. The maximum Gasteiger partial charge on any atom is 0.350 e. The molecule has 1 N–H and O–H groups in total. The van der Waals surface area contributed by atoms with Crippen molar-refractivity contribution in [3.8, 4) is 0 Å². The number of nitrogens with zero attached hydrogens (tertiary/aromatic N) is 1. The van der Waals surface area contributed by atoms with E-state index in [9.17, 15) is 9.59 Å². The van der Waals surface area contributed by atoms with E-state index in [2.05, 4.69) is 33.2 Å². The fourth-order valence-corrected chi connectivity index (χ4v) is 3.61. The molecule has 3 atom stereocenters. The van der Waals surface area contributed by atoms with Gasteiger partial charge in [-0.05, 0) is 12.3 Å². The van der Waals surface area contributed by atoms with Gasteiger partial charge in [-0.1, -0.05) is 36.2 Å². The normalized spacial score (nSPS) is 33.6. The van der Waals surface area contributed by atoms with E-state index in [-0.39, 0.29) is 22.6 Å². The molecule has 0 bridgehead atoms. The van der Waals surface area contributed by atoms with Gasteiger partial charge < -0.3 is 4.74 Å². The highest BCUT2D eigenvalue weighted by Crippen LogP contribution is 2.46. The third-order valence-corrected chi connectivity index (χ3v) is 4.50. The first-order chi connectivity index (χ1) is 8.03. The molecule has 1 saturated heterocycles. The van der Waals surface area contributed by atoms with Crippen LogP contribution < -0.4 is 5.32 Å². The Hall–Kier alpha value is -0.910. The number of carbonyl (C=O) groups is 2. The molecule has 17 heavy (non-hydrogen) atoms. The van der Waals surface area contributed by atoms with Crippen LogP contribution in [0.15, 0.2) is 4.99 Å². The summed E-state index contributed by atoms with van der Waals surface area (Å²) in [7, 11) is 0. The highest BCUT2D eigenvalue weighted by molar-refractivity contribution is 9.09. The van der Waals surface area contributed by atoms with Gasteiger partial charge in [-0.15, -0.1) is 0 Å². The van der Waals surface area contributed by atoms with Gasteiger partial charge in [-0.2, -0.15) is 4.99 Å². The van der Waals surface area contributed by atoms with Crippen LogP contribution in [0.3, 0.4) is 0 Å². The van der Waals surface area contributed by atoms with Gasteiger partial charge in [0, 0.05) is 0 Å². The highest BCUT2D eigenvalue weighted by Gasteiger charge is 2.60. The molecule has 6 heteroatoms. The molecule has 3 amide bonds. The monoisotopic (exact) mass is 302 g/mol. The Labute approximate surface area is 108 Å². The van der Waals surface area contributed by atoms with Crippen LogP contribution in [-0.2, 0) is 9.53 Å². The van der Waals surface area contributed by atoms with E-state index in [1.807, 2.05) is 6.92 Å². The second-order valence-corrected chi connectivity index (χ2v) is 5.62. The van der Waals surface area contributed by atoms with Gasteiger partial charge in [-0.25, -0.2) is 4.79 Å². The molecule has 1 fully saturated rings. The van der Waals surface area contributed by atoms with Crippen LogP contribution in [0.25, 0.3) is 0 Å². The summed E-state index contributed by atoms with van der Waals surface area (Å²) in [5, 5.41) is 2.29. The van der Waals surface area contributed by atoms with Crippen molar-refractivity contribution >= 4 is 33.8 Å². The first-order valence-corrected chi connectivity index (χ1v) is 6.66. The molecule has 0 aromatic rings. The minimum atomic E-state index is -0.829. The molecule has 0 aromatic heterocycles.